The van der Waals surface area contributed by atoms with Crippen molar-refractivity contribution >= 4 is 5.97 Å². The summed E-state index contributed by atoms with van der Waals surface area (Å²) in [5, 5.41) is 36.9. The molecule has 1 saturated heterocycles. The lowest BCUT2D eigenvalue weighted by atomic mass is 9.99. The van der Waals surface area contributed by atoms with Gasteiger partial charge in [0.1, 0.15) is 18.3 Å². The van der Waals surface area contributed by atoms with Crippen LogP contribution in [-0.2, 0) is 14.3 Å². The summed E-state index contributed by atoms with van der Waals surface area (Å²) in [6, 6.07) is 0. The number of aliphatic hydroxyl groups excluding tert-OH is 4. The minimum atomic E-state index is -1.60. The zero-order valence-corrected chi connectivity index (χ0v) is 8.11. The summed E-state index contributed by atoms with van der Waals surface area (Å²) in [6.45, 7) is 0.554. The van der Waals surface area contributed by atoms with Crippen molar-refractivity contribution in [1.82, 2.24) is 0 Å². The molecule has 15 heavy (non-hydrogen) atoms. The van der Waals surface area contributed by atoms with Gasteiger partial charge in [-0.15, -0.1) is 0 Å². The second-order valence-corrected chi connectivity index (χ2v) is 3.30. The highest BCUT2D eigenvalue weighted by molar-refractivity contribution is 5.66. The summed E-state index contributed by atoms with van der Waals surface area (Å²) in [6.07, 6.45) is -6.91. The Kier molecular flexibility index (Phi) is 4.00. The van der Waals surface area contributed by atoms with E-state index in [0.717, 1.165) is 6.92 Å². The molecule has 1 unspecified atom stereocenters. The third-order valence-electron chi connectivity index (χ3n) is 2.14. The molecular formula is C8H14O7. The van der Waals surface area contributed by atoms with Crippen molar-refractivity contribution in [3.8, 4) is 0 Å². The van der Waals surface area contributed by atoms with E-state index in [9.17, 15) is 20.1 Å². The first-order chi connectivity index (χ1) is 6.97. The Bertz CT molecular complexity index is 231. The highest BCUT2D eigenvalue weighted by atomic mass is 16.7. The van der Waals surface area contributed by atoms with Crippen LogP contribution in [0.5, 0.6) is 0 Å². The standard InChI is InChI=1S/C8H14O7/c1-3(10)14-7-5(11)4(2-9)15-8(13)6(7)12/h4-9,11-13H,2H2,1H3/t4-,5+,6-,7-,8?/m0/s1. The Morgan fingerprint density at radius 3 is 2.40 bits per heavy atom. The van der Waals surface area contributed by atoms with E-state index in [4.69, 9.17) is 5.11 Å². The van der Waals surface area contributed by atoms with E-state index in [2.05, 4.69) is 9.47 Å². The third-order valence-corrected chi connectivity index (χ3v) is 2.14. The number of hydrogen-bond donors (Lipinski definition) is 4. The van der Waals surface area contributed by atoms with Crippen molar-refractivity contribution in [1.29, 1.82) is 0 Å². The summed E-state index contributed by atoms with van der Waals surface area (Å²) < 4.78 is 9.31. The maximum Gasteiger partial charge on any atom is 0.303 e. The lowest BCUT2D eigenvalue weighted by molar-refractivity contribution is -0.289. The number of hydrogen-bond acceptors (Lipinski definition) is 7. The molecule has 0 spiro atoms. The molecule has 7 heteroatoms. The maximum absolute atomic E-state index is 10.7. The summed E-state index contributed by atoms with van der Waals surface area (Å²) in [7, 11) is 0. The number of carbonyl (C=O) groups excluding carboxylic acids is 1. The van der Waals surface area contributed by atoms with Crippen LogP contribution in [0.15, 0.2) is 0 Å². The fourth-order valence-electron chi connectivity index (χ4n) is 1.40. The molecule has 0 amide bonds. The lowest BCUT2D eigenvalue weighted by Gasteiger charge is -2.39. The first kappa shape index (κ1) is 12.3. The summed E-state index contributed by atoms with van der Waals surface area (Å²) >= 11 is 0. The smallest absolute Gasteiger partial charge is 0.303 e. The van der Waals surface area contributed by atoms with Gasteiger partial charge >= 0.3 is 5.97 Å². The molecule has 1 aliphatic rings. The van der Waals surface area contributed by atoms with Crippen molar-refractivity contribution in [3.05, 3.63) is 0 Å². The Morgan fingerprint density at radius 2 is 1.93 bits per heavy atom. The predicted octanol–water partition coefficient (Wildman–Crippen LogP) is -2.65. The molecular weight excluding hydrogens is 208 g/mol. The van der Waals surface area contributed by atoms with Crippen LogP contribution in [0, 0.1) is 0 Å². The largest absolute Gasteiger partial charge is 0.457 e. The second-order valence-electron chi connectivity index (χ2n) is 3.30. The van der Waals surface area contributed by atoms with E-state index in [1.807, 2.05) is 0 Å². The predicted molar refractivity (Wildman–Crippen MR) is 45.5 cm³/mol. The zero-order valence-electron chi connectivity index (χ0n) is 8.11. The average Bonchev–Trinajstić information content (AvgIpc) is 2.18. The molecule has 88 valence electrons. The Hall–Kier alpha value is -0.730. The number of esters is 1. The van der Waals surface area contributed by atoms with Gasteiger partial charge in [0.05, 0.1) is 6.61 Å². The second kappa shape index (κ2) is 4.86. The van der Waals surface area contributed by atoms with Crippen molar-refractivity contribution in [2.24, 2.45) is 0 Å². The van der Waals surface area contributed by atoms with Gasteiger partial charge in [-0.05, 0) is 0 Å². The van der Waals surface area contributed by atoms with E-state index in [-0.39, 0.29) is 0 Å². The first-order valence-electron chi connectivity index (χ1n) is 4.45. The van der Waals surface area contributed by atoms with Gasteiger partial charge in [0, 0.05) is 6.92 Å². The quantitative estimate of drug-likeness (QED) is 0.377. The van der Waals surface area contributed by atoms with Gasteiger partial charge in [-0.3, -0.25) is 4.79 Å². The van der Waals surface area contributed by atoms with Crippen LogP contribution in [0.3, 0.4) is 0 Å². The molecule has 1 aliphatic heterocycles. The minimum Gasteiger partial charge on any atom is -0.457 e. The topological polar surface area (TPSA) is 116 Å². The fourth-order valence-corrected chi connectivity index (χ4v) is 1.40. The van der Waals surface area contributed by atoms with E-state index in [1.165, 1.54) is 0 Å². The SMILES string of the molecule is CC(=O)O[C@H]1[C@H](O)[C@H](CO)OC(O)[C@H]1O. The monoisotopic (exact) mass is 222 g/mol. The molecule has 7 nitrogen and oxygen atoms in total. The van der Waals surface area contributed by atoms with Crippen molar-refractivity contribution < 1.29 is 34.7 Å². The molecule has 1 rings (SSSR count). The molecule has 1 heterocycles. The average molecular weight is 222 g/mol. The number of carbonyl (C=O) groups is 1. The fraction of sp³-hybridized carbons (Fsp3) is 0.875. The number of rotatable bonds is 2. The Labute approximate surface area is 85.9 Å². The van der Waals surface area contributed by atoms with Crippen LogP contribution in [0.25, 0.3) is 0 Å². The van der Waals surface area contributed by atoms with Gasteiger partial charge < -0.3 is 29.9 Å². The summed E-state index contributed by atoms with van der Waals surface area (Å²) in [4.78, 5) is 10.7. The number of ether oxygens (including phenoxy) is 2. The van der Waals surface area contributed by atoms with Crippen molar-refractivity contribution in [3.63, 3.8) is 0 Å². The highest BCUT2D eigenvalue weighted by Gasteiger charge is 2.45. The van der Waals surface area contributed by atoms with Crippen LogP contribution in [0.4, 0.5) is 0 Å². The third kappa shape index (κ3) is 2.64. The molecule has 0 aromatic carbocycles. The van der Waals surface area contributed by atoms with Crippen LogP contribution in [0.2, 0.25) is 0 Å². The minimum absolute atomic E-state index is 0.553. The maximum atomic E-state index is 10.7. The van der Waals surface area contributed by atoms with Gasteiger partial charge in [0.2, 0.25) is 0 Å². The first-order valence-corrected chi connectivity index (χ1v) is 4.45. The van der Waals surface area contributed by atoms with E-state index in [0.29, 0.717) is 0 Å². The molecule has 5 atom stereocenters. The van der Waals surface area contributed by atoms with Crippen LogP contribution in [0.1, 0.15) is 6.92 Å². The van der Waals surface area contributed by atoms with Crippen molar-refractivity contribution in [2.75, 3.05) is 6.61 Å². The molecule has 0 aliphatic carbocycles. The van der Waals surface area contributed by atoms with Gasteiger partial charge in [0.15, 0.2) is 12.4 Å². The van der Waals surface area contributed by atoms with Crippen molar-refractivity contribution in [2.45, 2.75) is 37.6 Å². The normalized spacial score (nSPS) is 41.3. The Balaban J connectivity index is 2.74. The van der Waals surface area contributed by atoms with Gasteiger partial charge in [-0.25, -0.2) is 0 Å². The summed E-state index contributed by atoms with van der Waals surface area (Å²) in [5.41, 5.74) is 0. The van der Waals surface area contributed by atoms with Gasteiger partial charge in [-0.1, -0.05) is 0 Å². The van der Waals surface area contributed by atoms with E-state index < -0.39 is 43.3 Å². The molecule has 1 fully saturated rings. The molecule has 0 saturated carbocycles. The molecule has 0 bridgehead atoms. The molecule has 4 N–H and O–H groups in total. The zero-order chi connectivity index (χ0) is 11.6. The van der Waals surface area contributed by atoms with Gasteiger partial charge in [-0.2, -0.15) is 0 Å². The van der Waals surface area contributed by atoms with E-state index >= 15 is 0 Å². The summed E-state index contributed by atoms with van der Waals surface area (Å²) in [5.74, 6) is -0.705. The Morgan fingerprint density at radius 1 is 1.33 bits per heavy atom. The van der Waals surface area contributed by atoms with Crippen LogP contribution in [-0.4, -0.2) is 63.7 Å². The molecule has 0 radical (unpaired) electrons. The highest BCUT2D eigenvalue weighted by Crippen LogP contribution is 2.22. The van der Waals surface area contributed by atoms with Crippen LogP contribution >= 0.6 is 0 Å². The molecule has 0 aromatic rings. The molecule has 0 aromatic heterocycles. The van der Waals surface area contributed by atoms with Crippen LogP contribution < -0.4 is 0 Å². The van der Waals surface area contributed by atoms with Gasteiger partial charge in [0.25, 0.3) is 0 Å². The number of aliphatic hydroxyl groups is 4. The van der Waals surface area contributed by atoms with E-state index in [1.54, 1.807) is 0 Å². The lowest BCUT2D eigenvalue weighted by Crippen LogP contribution is -2.59.